The number of anilines is 1. The lowest BCUT2D eigenvalue weighted by atomic mass is 10.1. The Balaban J connectivity index is 1.57. The molecule has 0 atom stereocenters. The van der Waals surface area contributed by atoms with Crippen LogP contribution < -0.4 is 24.3 Å². The fourth-order valence-electron chi connectivity index (χ4n) is 4.02. The van der Waals surface area contributed by atoms with Crippen LogP contribution in [0.2, 0.25) is 0 Å². The topological polar surface area (TPSA) is 102 Å². The van der Waals surface area contributed by atoms with E-state index in [4.69, 9.17) is 18.9 Å². The van der Waals surface area contributed by atoms with E-state index in [-0.39, 0.29) is 17.3 Å². The summed E-state index contributed by atoms with van der Waals surface area (Å²) >= 11 is 0. The second kappa shape index (κ2) is 11.3. The predicted molar refractivity (Wildman–Crippen MR) is 145 cm³/mol. The molecular formula is C29H28N2O6. The second-order valence-corrected chi connectivity index (χ2v) is 8.00. The number of methoxy groups -OCH3 is 4. The molecule has 8 heteroatoms. The first-order valence-electron chi connectivity index (χ1n) is 11.4. The van der Waals surface area contributed by atoms with Gasteiger partial charge in [-0.05, 0) is 41.5 Å². The highest BCUT2D eigenvalue weighted by atomic mass is 16.5. The zero-order valence-electron chi connectivity index (χ0n) is 21.0. The highest BCUT2D eigenvalue weighted by molar-refractivity contribution is 6.13. The molecule has 4 rings (SSSR count). The number of ether oxygens (including phenoxy) is 4. The molecule has 8 nitrogen and oxygen atoms in total. The molecule has 0 amide bonds. The van der Waals surface area contributed by atoms with Crippen LogP contribution in [0.4, 0.5) is 5.69 Å². The number of benzene rings is 3. The Kier molecular flexibility index (Phi) is 7.68. The molecule has 0 unspecified atom stereocenters. The number of aromatic hydroxyl groups is 1. The van der Waals surface area contributed by atoms with Gasteiger partial charge in [-0.25, -0.2) is 0 Å². The van der Waals surface area contributed by atoms with Crippen LogP contribution in [0.5, 0.6) is 28.7 Å². The van der Waals surface area contributed by atoms with Gasteiger partial charge in [0, 0.05) is 34.9 Å². The summed E-state index contributed by atoms with van der Waals surface area (Å²) in [6.07, 6.45) is 8.33. The van der Waals surface area contributed by atoms with E-state index in [9.17, 15) is 9.90 Å². The molecule has 4 aromatic rings. The summed E-state index contributed by atoms with van der Waals surface area (Å²) in [4.78, 5) is 15.8. The molecule has 1 heterocycles. The molecular weight excluding hydrogens is 472 g/mol. The van der Waals surface area contributed by atoms with E-state index in [1.54, 1.807) is 39.7 Å². The zero-order valence-corrected chi connectivity index (χ0v) is 21.0. The van der Waals surface area contributed by atoms with Gasteiger partial charge in [0.05, 0.1) is 34.1 Å². The number of aromatic amines is 1. The lowest BCUT2D eigenvalue weighted by molar-refractivity contribution is 0.104. The van der Waals surface area contributed by atoms with Crippen LogP contribution in [0.15, 0.2) is 67.0 Å². The van der Waals surface area contributed by atoms with Crippen molar-refractivity contribution in [1.29, 1.82) is 0 Å². The molecule has 0 fully saturated rings. The fourth-order valence-corrected chi connectivity index (χ4v) is 4.02. The fraction of sp³-hybridized carbons (Fsp3) is 0.138. The number of H-pyrrole nitrogens is 1. The van der Waals surface area contributed by atoms with Crippen molar-refractivity contribution >= 4 is 34.5 Å². The summed E-state index contributed by atoms with van der Waals surface area (Å²) in [6.45, 7) is 0. The van der Waals surface area contributed by atoms with Crippen molar-refractivity contribution < 1.29 is 28.8 Å². The molecule has 190 valence electrons. The maximum Gasteiger partial charge on any atom is 0.203 e. The van der Waals surface area contributed by atoms with Crippen LogP contribution in [-0.4, -0.2) is 44.3 Å². The van der Waals surface area contributed by atoms with Crippen LogP contribution in [0.1, 0.15) is 21.5 Å². The van der Waals surface area contributed by atoms with Crippen molar-refractivity contribution in [2.24, 2.45) is 0 Å². The van der Waals surface area contributed by atoms with Crippen LogP contribution >= 0.6 is 0 Å². The molecule has 3 aromatic carbocycles. The van der Waals surface area contributed by atoms with Crippen molar-refractivity contribution in [1.82, 2.24) is 4.98 Å². The lowest BCUT2D eigenvalue weighted by Crippen LogP contribution is -1.98. The molecule has 1 aromatic heterocycles. The van der Waals surface area contributed by atoms with E-state index in [2.05, 4.69) is 10.3 Å². The normalized spacial score (nSPS) is 11.2. The monoisotopic (exact) mass is 500 g/mol. The highest BCUT2D eigenvalue weighted by Crippen LogP contribution is 2.39. The number of nitrogens with one attached hydrogen (secondary N) is 2. The predicted octanol–water partition coefficient (Wildman–Crippen LogP) is 5.89. The Labute approximate surface area is 214 Å². The summed E-state index contributed by atoms with van der Waals surface area (Å²) in [6, 6.07) is 14.6. The van der Waals surface area contributed by atoms with Gasteiger partial charge in [0.25, 0.3) is 0 Å². The van der Waals surface area contributed by atoms with Gasteiger partial charge in [0.15, 0.2) is 28.8 Å². The molecule has 0 saturated heterocycles. The first-order chi connectivity index (χ1) is 18.0. The Morgan fingerprint density at radius 2 is 1.51 bits per heavy atom. The second-order valence-electron chi connectivity index (χ2n) is 8.00. The van der Waals surface area contributed by atoms with E-state index < -0.39 is 0 Å². The van der Waals surface area contributed by atoms with Crippen molar-refractivity contribution in [3.8, 4) is 28.7 Å². The molecule has 0 bridgehead atoms. The van der Waals surface area contributed by atoms with Gasteiger partial charge >= 0.3 is 0 Å². The van der Waals surface area contributed by atoms with Crippen LogP contribution in [0.3, 0.4) is 0 Å². The molecule has 0 aliphatic rings. The average molecular weight is 501 g/mol. The van der Waals surface area contributed by atoms with E-state index in [0.29, 0.717) is 34.1 Å². The summed E-state index contributed by atoms with van der Waals surface area (Å²) < 4.78 is 21.6. The van der Waals surface area contributed by atoms with Crippen molar-refractivity contribution in [2.45, 2.75) is 0 Å². The summed E-state index contributed by atoms with van der Waals surface area (Å²) in [5.74, 6) is 1.62. The van der Waals surface area contributed by atoms with Gasteiger partial charge in [0.2, 0.25) is 5.75 Å². The molecule has 0 aliphatic heterocycles. The maximum atomic E-state index is 12.7. The highest BCUT2D eigenvalue weighted by Gasteiger charge is 2.13. The third-order valence-corrected chi connectivity index (χ3v) is 5.78. The number of para-hydroxylation sites is 1. The Morgan fingerprint density at radius 3 is 2.16 bits per heavy atom. The molecule has 0 aliphatic carbocycles. The first-order valence-corrected chi connectivity index (χ1v) is 11.4. The van der Waals surface area contributed by atoms with Gasteiger partial charge < -0.3 is 34.4 Å². The molecule has 0 radical (unpaired) electrons. The van der Waals surface area contributed by atoms with E-state index in [1.165, 1.54) is 19.4 Å². The quantitative estimate of drug-likeness (QED) is 0.142. The van der Waals surface area contributed by atoms with Gasteiger partial charge in [0.1, 0.15) is 0 Å². The molecule has 0 spiro atoms. The maximum absolute atomic E-state index is 12.7. The molecule has 37 heavy (non-hydrogen) atoms. The van der Waals surface area contributed by atoms with Gasteiger partial charge in [-0.15, -0.1) is 0 Å². The van der Waals surface area contributed by atoms with Crippen LogP contribution in [0.25, 0.3) is 23.1 Å². The molecule has 0 saturated carbocycles. The number of hydrogen-bond donors (Lipinski definition) is 3. The Bertz CT molecular complexity index is 1460. The van der Waals surface area contributed by atoms with Crippen LogP contribution in [0, 0.1) is 0 Å². The summed E-state index contributed by atoms with van der Waals surface area (Å²) in [5.41, 5.74) is 3.47. The zero-order chi connectivity index (χ0) is 26.4. The number of allylic oxidation sites excluding steroid dienone is 1. The third-order valence-electron chi connectivity index (χ3n) is 5.78. The van der Waals surface area contributed by atoms with Crippen molar-refractivity contribution in [2.75, 3.05) is 33.8 Å². The number of rotatable bonds is 10. The number of fused-ring (bicyclic) bond motifs is 1. The van der Waals surface area contributed by atoms with E-state index in [0.717, 1.165) is 16.5 Å². The molecule has 3 N–H and O–H groups in total. The van der Waals surface area contributed by atoms with Crippen molar-refractivity contribution in [3.63, 3.8) is 0 Å². The Morgan fingerprint density at radius 1 is 0.865 bits per heavy atom. The number of carbonyl (C=O) groups is 1. The number of aromatic nitrogens is 1. The first kappa shape index (κ1) is 25.2. The largest absolute Gasteiger partial charge is 0.504 e. The minimum absolute atomic E-state index is 0.0478. The number of ketones is 1. The number of carbonyl (C=O) groups excluding carboxylic acids is 1. The number of hydrogen-bond acceptors (Lipinski definition) is 7. The van der Waals surface area contributed by atoms with Gasteiger partial charge in [-0.2, -0.15) is 0 Å². The number of phenolic OH excluding ortho intramolecular Hbond substituents is 1. The average Bonchev–Trinajstić information content (AvgIpc) is 3.35. The van der Waals surface area contributed by atoms with Crippen LogP contribution in [-0.2, 0) is 0 Å². The van der Waals surface area contributed by atoms with E-state index in [1.807, 2.05) is 48.6 Å². The Hall–Kier alpha value is -4.85. The van der Waals surface area contributed by atoms with Gasteiger partial charge in [-0.3, -0.25) is 4.79 Å². The summed E-state index contributed by atoms with van der Waals surface area (Å²) in [5, 5.41) is 14.4. The van der Waals surface area contributed by atoms with Crippen molar-refractivity contribution in [3.05, 3.63) is 83.7 Å². The minimum atomic E-state index is -0.161. The van der Waals surface area contributed by atoms with Gasteiger partial charge in [-0.1, -0.05) is 30.4 Å². The number of phenols is 1. The minimum Gasteiger partial charge on any atom is -0.504 e. The van der Waals surface area contributed by atoms with E-state index >= 15 is 0 Å². The lowest BCUT2D eigenvalue weighted by Gasteiger charge is -2.13. The SMILES string of the molecule is COc1cc(/C=C/c2cc(O)c(OC)c(N/C=C\C(=O)c3c[nH]c4ccccc34)c2)cc(OC)c1OC. The third kappa shape index (κ3) is 5.38. The summed E-state index contributed by atoms with van der Waals surface area (Å²) in [7, 11) is 6.13. The standard InChI is InChI=1S/C29H28N2O6/c1-34-26-15-19(16-27(35-2)29(26)37-4)10-9-18-13-23(28(36-3)25(33)14-18)30-12-11-24(32)21-17-31-22-8-6-5-7-20(21)22/h5-17,30-31,33H,1-4H3/b10-9+,12-11-. The smallest absolute Gasteiger partial charge is 0.203 e.